The maximum Gasteiger partial charge on any atom is 0.325 e. The number of hydrogen-bond acceptors (Lipinski definition) is 4. The fourth-order valence-electron chi connectivity index (χ4n) is 1.62. The van der Waals surface area contributed by atoms with Gasteiger partial charge in [-0.25, -0.2) is 0 Å². The highest BCUT2D eigenvalue weighted by Gasteiger charge is 2.21. The van der Waals surface area contributed by atoms with Crippen LogP contribution in [0.1, 0.15) is 23.0 Å². The molecule has 0 aliphatic heterocycles. The van der Waals surface area contributed by atoms with Crippen molar-refractivity contribution in [2.24, 2.45) is 7.05 Å². The van der Waals surface area contributed by atoms with E-state index in [4.69, 9.17) is 4.74 Å². The van der Waals surface area contributed by atoms with Gasteiger partial charge in [0.25, 0.3) is 5.91 Å². The van der Waals surface area contributed by atoms with Crippen molar-refractivity contribution in [3.05, 3.63) is 30.1 Å². The number of aryl methyl sites for hydroxylation is 1. The van der Waals surface area contributed by atoms with Gasteiger partial charge in [-0.2, -0.15) is 5.10 Å². The standard InChI is InChI=1S/C13H19N3O3/c1-5-7-16(9-12(17)19-6-2)13(18)11-8-14-15(4)10(11)3/h5,8H,1,6-7,9H2,2-4H3. The van der Waals surface area contributed by atoms with E-state index >= 15 is 0 Å². The van der Waals surface area contributed by atoms with Crippen LogP contribution in [0.4, 0.5) is 0 Å². The molecule has 0 bridgehead atoms. The molecule has 0 fully saturated rings. The van der Waals surface area contributed by atoms with Gasteiger partial charge in [-0.3, -0.25) is 14.3 Å². The minimum atomic E-state index is -0.431. The average molecular weight is 265 g/mol. The predicted molar refractivity (Wildman–Crippen MR) is 70.7 cm³/mol. The van der Waals surface area contributed by atoms with Crippen LogP contribution in [0.2, 0.25) is 0 Å². The summed E-state index contributed by atoms with van der Waals surface area (Å²) in [5, 5.41) is 4.02. The predicted octanol–water partition coefficient (Wildman–Crippen LogP) is 0.920. The lowest BCUT2D eigenvalue weighted by Crippen LogP contribution is -2.36. The molecule has 0 spiro atoms. The molecule has 19 heavy (non-hydrogen) atoms. The number of carbonyl (C=O) groups excluding carboxylic acids is 2. The lowest BCUT2D eigenvalue weighted by molar-refractivity contribution is -0.143. The van der Waals surface area contributed by atoms with Gasteiger partial charge in [0.15, 0.2) is 0 Å². The monoisotopic (exact) mass is 265 g/mol. The number of ether oxygens (including phenoxy) is 1. The van der Waals surface area contributed by atoms with Crippen LogP contribution >= 0.6 is 0 Å². The molecular formula is C13H19N3O3. The summed E-state index contributed by atoms with van der Waals surface area (Å²) in [5.41, 5.74) is 1.23. The first-order valence-corrected chi connectivity index (χ1v) is 6.05. The topological polar surface area (TPSA) is 64.4 Å². The van der Waals surface area contributed by atoms with Crippen molar-refractivity contribution in [1.82, 2.24) is 14.7 Å². The van der Waals surface area contributed by atoms with E-state index in [1.54, 1.807) is 31.7 Å². The fraction of sp³-hybridized carbons (Fsp3) is 0.462. The third-order valence-electron chi connectivity index (χ3n) is 2.73. The molecule has 1 amide bonds. The third-order valence-corrected chi connectivity index (χ3v) is 2.73. The summed E-state index contributed by atoms with van der Waals surface area (Å²) in [6.07, 6.45) is 3.07. The van der Waals surface area contributed by atoms with Gasteiger partial charge in [0.05, 0.1) is 18.4 Å². The Labute approximate surface area is 112 Å². The quantitative estimate of drug-likeness (QED) is 0.566. The first kappa shape index (κ1) is 14.9. The second-order valence-electron chi connectivity index (χ2n) is 4.05. The van der Waals surface area contributed by atoms with E-state index in [9.17, 15) is 9.59 Å². The van der Waals surface area contributed by atoms with Crippen LogP contribution in [0, 0.1) is 6.92 Å². The first-order valence-electron chi connectivity index (χ1n) is 6.05. The molecule has 6 heteroatoms. The number of nitrogens with zero attached hydrogens (tertiary/aromatic N) is 3. The largest absolute Gasteiger partial charge is 0.465 e. The SMILES string of the molecule is C=CCN(CC(=O)OCC)C(=O)c1cnn(C)c1C. The second-order valence-corrected chi connectivity index (χ2v) is 4.05. The van der Waals surface area contributed by atoms with Crippen LogP contribution in [0.25, 0.3) is 0 Å². The molecule has 0 N–H and O–H groups in total. The van der Waals surface area contributed by atoms with E-state index in [1.165, 1.54) is 11.1 Å². The summed E-state index contributed by atoms with van der Waals surface area (Å²) in [7, 11) is 1.76. The van der Waals surface area contributed by atoms with Crippen molar-refractivity contribution in [3.8, 4) is 0 Å². The van der Waals surface area contributed by atoms with Crippen molar-refractivity contribution < 1.29 is 14.3 Å². The van der Waals surface area contributed by atoms with Gasteiger partial charge in [-0.05, 0) is 13.8 Å². The molecule has 0 saturated carbocycles. The molecule has 1 rings (SSSR count). The maximum absolute atomic E-state index is 12.3. The summed E-state index contributed by atoms with van der Waals surface area (Å²) in [6, 6.07) is 0. The highest BCUT2D eigenvalue weighted by Crippen LogP contribution is 2.10. The maximum atomic E-state index is 12.3. The summed E-state index contributed by atoms with van der Waals surface area (Å²) in [6.45, 7) is 7.60. The molecule has 1 aromatic heterocycles. The van der Waals surface area contributed by atoms with E-state index in [2.05, 4.69) is 11.7 Å². The molecule has 0 aliphatic carbocycles. The van der Waals surface area contributed by atoms with Gasteiger partial charge in [-0.1, -0.05) is 6.08 Å². The van der Waals surface area contributed by atoms with Crippen LogP contribution < -0.4 is 0 Å². The summed E-state index contributed by atoms with van der Waals surface area (Å²) in [5.74, 6) is -0.683. The van der Waals surface area contributed by atoms with Crippen LogP contribution in [0.15, 0.2) is 18.9 Å². The van der Waals surface area contributed by atoms with Gasteiger partial charge in [0.2, 0.25) is 0 Å². The number of esters is 1. The fourth-order valence-corrected chi connectivity index (χ4v) is 1.62. The number of carbonyl (C=O) groups is 2. The zero-order chi connectivity index (χ0) is 14.4. The molecule has 1 heterocycles. The highest BCUT2D eigenvalue weighted by molar-refractivity contribution is 5.96. The molecular weight excluding hydrogens is 246 g/mol. The zero-order valence-electron chi connectivity index (χ0n) is 11.5. The lowest BCUT2D eigenvalue weighted by atomic mass is 10.2. The zero-order valence-corrected chi connectivity index (χ0v) is 11.5. The smallest absolute Gasteiger partial charge is 0.325 e. The Balaban J connectivity index is 2.86. The van der Waals surface area contributed by atoms with Crippen molar-refractivity contribution in [1.29, 1.82) is 0 Å². The Bertz CT molecular complexity index is 479. The minimum absolute atomic E-state index is 0.0903. The Hall–Kier alpha value is -2.11. The number of rotatable bonds is 6. The Morgan fingerprint density at radius 2 is 2.26 bits per heavy atom. The molecule has 0 unspecified atom stereocenters. The van der Waals surface area contributed by atoms with E-state index in [0.29, 0.717) is 12.2 Å². The number of amides is 1. The van der Waals surface area contributed by atoms with Gasteiger partial charge in [-0.15, -0.1) is 6.58 Å². The van der Waals surface area contributed by atoms with E-state index < -0.39 is 5.97 Å². The molecule has 0 atom stereocenters. The minimum Gasteiger partial charge on any atom is -0.465 e. The average Bonchev–Trinajstić information content (AvgIpc) is 2.69. The molecule has 0 radical (unpaired) electrons. The summed E-state index contributed by atoms with van der Waals surface area (Å²) < 4.78 is 6.47. The Kier molecular flexibility index (Phi) is 5.29. The number of hydrogen-bond donors (Lipinski definition) is 0. The third kappa shape index (κ3) is 3.67. The normalized spacial score (nSPS) is 10.1. The summed E-state index contributed by atoms with van der Waals surface area (Å²) in [4.78, 5) is 25.2. The van der Waals surface area contributed by atoms with E-state index in [0.717, 1.165) is 5.69 Å². The Morgan fingerprint density at radius 1 is 1.58 bits per heavy atom. The van der Waals surface area contributed by atoms with Crippen LogP contribution in [0.3, 0.4) is 0 Å². The Morgan fingerprint density at radius 3 is 2.74 bits per heavy atom. The van der Waals surface area contributed by atoms with Crippen LogP contribution in [0.5, 0.6) is 0 Å². The number of aromatic nitrogens is 2. The molecule has 104 valence electrons. The van der Waals surface area contributed by atoms with Gasteiger partial charge in [0.1, 0.15) is 6.54 Å². The van der Waals surface area contributed by atoms with Crippen LogP contribution in [-0.4, -0.2) is 46.3 Å². The van der Waals surface area contributed by atoms with E-state index in [-0.39, 0.29) is 19.0 Å². The van der Waals surface area contributed by atoms with Crippen molar-refractivity contribution in [2.45, 2.75) is 13.8 Å². The molecule has 6 nitrogen and oxygen atoms in total. The second kappa shape index (κ2) is 6.72. The molecule has 1 aromatic rings. The van der Waals surface area contributed by atoms with Gasteiger partial charge >= 0.3 is 5.97 Å². The van der Waals surface area contributed by atoms with Crippen molar-refractivity contribution >= 4 is 11.9 Å². The molecule has 0 aromatic carbocycles. The molecule has 0 saturated heterocycles. The van der Waals surface area contributed by atoms with Crippen molar-refractivity contribution in [3.63, 3.8) is 0 Å². The van der Waals surface area contributed by atoms with Gasteiger partial charge in [0, 0.05) is 19.3 Å². The lowest BCUT2D eigenvalue weighted by Gasteiger charge is -2.19. The molecule has 0 aliphatic rings. The van der Waals surface area contributed by atoms with Gasteiger partial charge < -0.3 is 9.64 Å². The van der Waals surface area contributed by atoms with E-state index in [1.807, 2.05) is 0 Å². The first-order chi connectivity index (χ1) is 9.01. The van der Waals surface area contributed by atoms with Crippen LogP contribution in [-0.2, 0) is 16.6 Å². The summed E-state index contributed by atoms with van der Waals surface area (Å²) >= 11 is 0. The van der Waals surface area contributed by atoms with Crippen molar-refractivity contribution in [2.75, 3.05) is 19.7 Å². The highest BCUT2D eigenvalue weighted by atomic mass is 16.5.